The molecule has 0 aliphatic heterocycles. The fourth-order valence-electron chi connectivity index (χ4n) is 5.89. The maximum absolute atomic E-state index is 9.64. The highest BCUT2D eigenvalue weighted by atomic mass is 16.3. The van der Waals surface area contributed by atoms with Crippen LogP contribution in [0.25, 0.3) is 98.4 Å². The predicted octanol–water partition coefficient (Wildman–Crippen LogP) is 13.2. The van der Waals surface area contributed by atoms with E-state index >= 15 is 0 Å². The minimum atomic E-state index is -1.02. The minimum Gasteiger partial charge on any atom is -0.456 e. The summed E-state index contributed by atoms with van der Waals surface area (Å²) < 4.78 is 259. The van der Waals surface area contributed by atoms with Crippen LogP contribution in [0.5, 0.6) is 0 Å². The highest BCUT2D eigenvalue weighted by molar-refractivity contribution is 6.27. The van der Waals surface area contributed by atoms with Crippen LogP contribution in [-0.4, -0.2) is 0 Å². The van der Waals surface area contributed by atoms with Gasteiger partial charge in [0.2, 0.25) is 0 Å². The third-order valence-electron chi connectivity index (χ3n) is 7.82. The Hall–Kier alpha value is -6.18. The number of furan rings is 1. The Bertz CT molecular complexity index is 4330. The molecule has 0 amide bonds. The van der Waals surface area contributed by atoms with E-state index in [1.165, 1.54) is 0 Å². The smallest absolute Gasteiger partial charge is 0.136 e. The molecular weight excluding hydrogens is 569 g/mol. The van der Waals surface area contributed by atoms with Gasteiger partial charge >= 0.3 is 0 Å². The van der Waals surface area contributed by atoms with Crippen molar-refractivity contribution in [3.8, 4) is 33.4 Å². The van der Waals surface area contributed by atoms with Crippen molar-refractivity contribution in [2.24, 2.45) is 0 Å². The van der Waals surface area contributed by atoms with E-state index in [9.17, 15) is 11.0 Å². The van der Waals surface area contributed by atoms with E-state index < -0.39 is 268 Å². The summed E-state index contributed by atoms with van der Waals surface area (Å²) in [6.45, 7) is 0. The number of hydrogen-bond donors (Lipinski definition) is 0. The fraction of sp³-hybridized carbons (Fsp3) is 0. The van der Waals surface area contributed by atoms with Gasteiger partial charge in [0, 0.05) is 10.8 Å². The van der Waals surface area contributed by atoms with Gasteiger partial charge < -0.3 is 4.42 Å². The summed E-state index contributed by atoms with van der Waals surface area (Å²) in [4.78, 5) is 0. The lowest BCUT2D eigenvalue weighted by atomic mass is 9.83. The quantitative estimate of drug-likeness (QED) is 0.141. The van der Waals surface area contributed by atoms with Gasteiger partial charge in [-0.2, -0.15) is 0 Å². The minimum absolute atomic E-state index is 0.559. The molecule has 0 saturated carbocycles. The average Bonchev–Trinajstić information content (AvgIpc) is 3.79. The van der Waals surface area contributed by atoms with E-state index in [0.717, 1.165) is 0 Å². The number of hydrogen-bond acceptors (Lipinski definition) is 1. The second-order valence-corrected chi connectivity index (χ2v) is 10.3. The summed E-state index contributed by atoms with van der Waals surface area (Å²) >= 11 is 0. The molecule has 47 heavy (non-hydrogen) atoms. The van der Waals surface area contributed by atoms with Crippen molar-refractivity contribution in [3.05, 3.63) is 169 Å². The third-order valence-corrected chi connectivity index (χ3v) is 7.82. The molecule has 1 aromatic heterocycles. The van der Waals surface area contributed by atoms with Crippen LogP contribution in [0.3, 0.4) is 0 Å². The van der Waals surface area contributed by atoms with Crippen molar-refractivity contribution >= 4 is 65.0 Å². The summed E-state index contributed by atoms with van der Waals surface area (Å²) in [5.41, 5.74) is -5.83. The third kappa shape index (κ3) is 3.90. The van der Waals surface area contributed by atoms with Crippen molar-refractivity contribution in [1.29, 1.82) is 0 Å². The molecule has 0 saturated heterocycles. The second kappa shape index (κ2) is 10.2. The van der Waals surface area contributed by atoms with E-state index in [0.29, 0.717) is 0 Å². The molecule has 0 atom stereocenters. The van der Waals surface area contributed by atoms with Crippen molar-refractivity contribution in [1.82, 2.24) is 0 Å². The van der Waals surface area contributed by atoms with E-state index in [1.54, 1.807) is 0 Å². The first-order valence-electron chi connectivity index (χ1n) is 27.9. The Morgan fingerprint density at radius 1 is 0.340 bits per heavy atom. The highest BCUT2D eigenvalue weighted by Gasteiger charge is 2.21. The monoisotopic (exact) mass is 624 g/mol. The lowest BCUT2D eigenvalue weighted by Crippen LogP contribution is -1.92. The Morgan fingerprint density at radius 3 is 1.68 bits per heavy atom. The normalized spacial score (nSPS) is 20.2. The molecule has 0 N–H and O–H groups in total. The van der Waals surface area contributed by atoms with Crippen LogP contribution in [-0.2, 0) is 0 Å². The van der Waals surface area contributed by atoms with Crippen LogP contribution >= 0.6 is 0 Å². The predicted molar refractivity (Wildman–Crippen MR) is 200 cm³/mol. The molecule has 218 valence electrons. The summed E-state index contributed by atoms with van der Waals surface area (Å²) in [7, 11) is 0. The maximum atomic E-state index is 9.64. The molecule has 10 rings (SSSR count). The Labute approximate surface area is 311 Å². The van der Waals surface area contributed by atoms with Crippen LogP contribution < -0.4 is 0 Å². The first-order valence-corrected chi connectivity index (χ1v) is 13.9. The van der Waals surface area contributed by atoms with Gasteiger partial charge in [-0.1, -0.05) is 151 Å². The lowest BCUT2D eigenvalue weighted by Gasteiger charge is -2.19. The number of rotatable bonds is 3. The second-order valence-electron chi connectivity index (χ2n) is 10.3. The largest absolute Gasteiger partial charge is 0.456 e. The lowest BCUT2D eigenvalue weighted by molar-refractivity contribution is 0.669. The van der Waals surface area contributed by atoms with E-state index in [4.69, 9.17) is 31.8 Å². The van der Waals surface area contributed by atoms with Gasteiger partial charge in [0.25, 0.3) is 0 Å². The Morgan fingerprint density at radius 2 is 0.936 bits per heavy atom. The molecule has 0 aliphatic carbocycles. The molecule has 0 fully saturated rings. The zero-order valence-electron chi connectivity index (χ0n) is 51.4. The van der Waals surface area contributed by atoms with Crippen molar-refractivity contribution in [2.75, 3.05) is 0 Å². The van der Waals surface area contributed by atoms with Crippen LogP contribution in [0.2, 0.25) is 0 Å². The Kier molecular flexibility index (Phi) is 2.31. The van der Waals surface area contributed by atoms with Crippen LogP contribution in [0.15, 0.2) is 174 Å². The van der Waals surface area contributed by atoms with Gasteiger partial charge in [-0.15, -0.1) is 0 Å². The van der Waals surface area contributed by atoms with Crippen LogP contribution in [0, 0.1) is 0 Å². The van der Waals surface area contributed by atoms with Crippen molar-refractivity contribution in [2.45, 2.75) is 0 Å². The van der Waals surface area contributed by atoms with Gasteiger partial charge in [-0.3, -0.25) is 0 Å². The molecule has 0 aliphatic rings. The molecule has 0 spiro atoms. The molecule has 1 heterocycles. The van der Waals surface area contributed by atoms with Gasteiger partial charge in [0.05, 0.1) is 38.4 Å². The molecule has 9 aromatic carbocycles. The van der Waals surface area contributed by atoms with Gasteiger partial charge in [0.1, 0.15) is 11.2 Å². The van der Waals surface area contributed by atoms with E-state index in [2.05, 4.69) is 0 Å². The molecule has 1 heteroatoms. The van der Waals surface area contributed by atoms with E-state index in [1.807, 2.05) is 0 Å². The number of fused-ring (bicyclic) bond motifs is 8. The first kappa shape index (κ1) is 10.7. The summed E-state index contributed by atoms with van der Waals surface area (Å²) in [5, 5.41) is -6.67. The Balaban J connectivity index is 1.57. The summed E-state index contributed by atoms with van der Waals surface area (Å²) in [6.07, 6.45) is 0. The standard InChI is InChI=1S/C46H28O/c1-2-12-29(13-3-1)31-25-27-42-41(28-31)46-40(22-11-23-43(46)47-42)45-38-18-8-6-16-36(38)44(37-17-7-9-19-39(37)45)35-21-10-20-33-32-15-5-4-14-30(32)24-26-34(33)35/h1-28H/i1D,2D,3D,4D,5D,6D,7D,8D,9D,10D,11D,12D,13D,14D,15D,16D,17D,18D,19D,20D,21D,22D,23D,24D,25D,26D,27D,28D. The highest BCUT2D eigenvalue weighted by Crippen LogP contribution is 2.48. The average molecular weight is 625 g/mol. The molecular formula is C46H28O. The molecule has 0 radical (unpaired) electrons. The van der Waals surface area contributed by atoms with Crippen LogP contribution in [0.4, 0.5) is 0 Å². The SMILES string of the molecule is [2H]c1c([2H])c([2H])c(-c2c([2H])c([2H])c3oc4c([2H])c([2H])c([2H])c(-c5c6c([2H])c([2H])c([2H])c([2H])c6c(-c6c([2H])c([2H])c([2H])c7c6c([2H])c([2H])c6c([2H])c([2H])c([2H])c([2H])c67)c6c([2H])c([2H])c([2H])c([2H])c56)c4c3c2[2H])c([2H])c1[2H]. The summed E-state index contributed by atoms with van der Waals surface area (Å²) in [6, 6.07) is -26.2. The van der Waals surface area contributed by atoms with Crippen molar-refractivity contribution < 1.29 is 42.8 Å². The van der Waals surface area contributed by atoms with Crippen LogP contribution in [0.1, 0.15) is 38.4 Å². The van der Waals surface area contributed by atoms with Gasteiger partial charge in [-0.25, -0.2) is 0 Å². The van der Waals surface area contributed by atoms with E-state index in [-0.39, 0.29) is 0 Å². The molecule has 1 nitrogen and oxygen atoms in total. The molecule has 0 unspecified atom stereocenters. The summed E-state index contributed by atoms with van der Waals surface area (Å²) in [5.74, 6) is 0. The molecule has 10 aromatic rings. The fourth-order valence-corrected chi connectivity index (χ4v) is 5.89. The van der Waals surface area contributed by atoms with Gasteiger partial charge in [0.15, 0.2) is 0 Å². The van der Waals surface area contributed by atoms with Crippen molar-refractivity contribution in [3.63, 3.8) is 0 Å². The number of benzene rings is 9. The topological polar surface area (TPSA) is 13.1 Å². The maximum Gasteiger partial charge on any atom is 0.136 e. The molecule has 0 bridgehead atoms. The van der Waals surface area contributed by atoms with Gasteiger partial charge in [-0.05, 0) is 94.6 Å². The first-order chi connectivity index (χ1) is 35.0. The zero-order chi connectivity index (χ0) is 55.3. The zero-order valence-corrected chi connectivity index (χ0v) is 23.4.